The molecule has 0 saturated carbocycles. The molecule has 0 aliphatic carbocycles. The summed E-state index contributed by atoms with van der Waals surface area (Å²) in [5.41, 5.74) is 8.95. The number of nitrogens with zero attached hydrogens (tertiary/aromatic N) is 4. The molecule has 8 heteroatoms. The minimum Gasteiger partial charge on any atom is -0.339 e. The van der Waals surface area contributed by atoms with Crippen LogP contribution in [-0.4, -0.2) is 63.2 Å². The van der Waals surface area contributed by atoms with Crippen LogP contribution in [0.1, 0.15) is 18.4 Å². The Morgan fingerprint density at radius 3 is 2.45 bits per heavy atom. The van der Waals surface area contributed by atoms with Gasteiger partial charge in [0.05, 0.1) is 5.69 Å². The highest BCUT2D eigenvalue weighted by Gasteiger charge is 2.16. The number of H-pyrrole nitrogens is 2. The molecule has 1 aliphatic rings. The van der Waals surface area contributed by atoms with Crippen molar-refractivity contribution in [3.05, 3.63) is 78.6 Å². The Hall–Kier alpha value is -4.43. The van der Waals surface area contributed by atoms with E-state index in [1.54, 1.807) is 14.1 Å². The fourth-order valence-electron chi connectivity index (χ4n) is 5.07. The van der Waals surface area contributed by atoms with Gasteiger partial charge in [-0.25, -0.2) is 9.78 Å². The Bertz CT molecular complexity index is 1560. The number of benzene rings is 2. The zero-order chi connectivity index (χ0) is 26.1. The molecule has 2 amide bonds. The summed E-state index contributed by atoms with van der Waals surface area (Å²) >= 11 is 0. The van der Waals surface area contributed by atoms with Gasteiger partial charge in [-0.3, -0.25) is 10.00 Å². The normalized spacial score (nSPS) is 13.7. The summed E-state index contributed by atoms with van der Waals surface area (Å²) in [5, 5.41) is 11.5. The Kier molecular flexibility index (Phi) is 6.39. The summed E-state index contributed by atoms with van der Waals surface area (Å²) < 4.78 is 0. The second-order valence-electron chi connectivity index (χ2n) is 10.0. The van der Waals surface area contributed by atoms with Gasteiger partial charge in [0.25, 0.3) is 0 Å². The van der Waals surface area contributed by atoms with Crippen molar-refractivity contribution in [3.63, 3.8) is 0 Å². The number of carbonyl (C=O) groups is 1. The summed E-state index contributed by atoms with van der Waals surface area (Å²) in [6.45, 7) is 3.42. The number of aromatic amines is 2. The molecule has 1 fully saturated rings. The van der Waals surface area contributed by atoms with Crippen molar-refractivity contribution in [1.82, 2.24) is 30.0 Å². The zero-order valence-corrected chi connectivity index (χ0v) is 21.7. The lowest BCUT2D eigenvalue weighted by molar-refractivity contribution is 0.230. The maximum Gasteiger partial charge on any atom is 0.321 e. The summed E-state index contributed by atoms with van der Waals surface area (Å²) in [5.74, 6) is 0. The number of aromatic nitrogens is 4. The Balaban J connectivity index is 1.28. The van der Waals surface area contributed by atoms with Gasteiger partial charge < -0.3 is 15.2 Å². The fraction of sp³-hybridized carbons (Fsp3) is 0.233. The van der Waals surface area contributed by atoms with Crippen LogP contribution in [0.2, 0.25) is 0 Å². The van der Waals surface area contributed by atoms with Gasteiger partial charge in [0, 0.05) is 60.9 Å². The number of carbonyl (C=O) groups excluding carboxylic acids is 1. The molecule has 0 bridgehead atoms. The summed E-state index contributed by atoms with van der Waals surface area (Å²) in [4.78, 5) is 24.1. The van der Waals surface area contributed by atoms with Gasteiger partial charge in [0.1, 0.15) is 5.65 Å². The lowest BCUT2D eigenvalue weighted by Gasteiger charge is -2.14. The topological polar surface area (TPSA) is 92.9 Å². The van der Waals surface area contributed by atoms with Crippen LogP contribution < -0.4 is 5.32 Å². The van der Waals surface area contributed by atoms with Crippen LogP contribution in [0.15, 0.2) is 73.1 Å². The number of hydrogen-bond donors (Lipinski definition) is 3. The largest absolute Gasteiger partial charge is 0.339 e. The Morgan fingerprint density at radius 1 is 0.974 bits per heavy atom. The molecule has 4 heterocycles. The molecule has 0 unspecified atom stereocenters. The quantitative estimate of drug-likeness (QED) is 0.265. The number of amides is 2. The van der Waals surface area contributed by atoms with Crippen LogP contribution in [0.5, 0.6) is 0 Å². The third-order valence-electron chi connectivity index (χ3n) is 7.15. The molecule has 5 aromatic rings. The van der Waals surface area contributed by atoms with Crippen LogP contribution in [0.25, 0.3) is 44.7 Å². The van der Waals surface area contributed by atoms with Gasteiger partial charge in [-0.1, -0.05) is 36.4 Å². The lowest BCUT2D eigenvalue weighted by atomic mass is 10.00. The van der Waals surface area contributed by atoms with Crippen LogP contribution in [-0.2, 0) is 6.54 Å². The van der Waals surface area contributed by atoms with Crippen molar-refractivity contribution in [3.8, 4) is 33.6 Å². The number of anilines is 1. The molecule has 38 heavy (non-hydrogen) atoms. The molecule has 1 saturated heterocycles. The van der Waals surface area contributed by atoms with Crippen molar-refractivity contribution < 1.29 is 4.79 Å². The van der Waals surface area contributed by atoms with E-state index in [1.807, 2.05) is 42.7 Å². The highest BCUT2D eigenvalue weighted by molar-refractivity contribution is 5.99. The minimum atomic E-state index is -0.165. The number of pyridine rings is 1. The van der Waals surface area contributed by atoms with Gasteiger partial charge in [-0.05, 0) is 66.9 Å². The van der Waals surface area contributed by atoms with Crippen molar-refractivity contribution in [2.75, 3.05) is 32.5 Å². The molecule has 192 valence electrons. The number of urea groups is 1. The number of nitrogens with one attached hydrogen (secondary N) is 3. The van der Waals surface area contributed by atoms with Gasteiger partial charge in [0.15, 0.2) is 0 Å². The van der Waals surface area contributed by atoms with Crippen molar-refractivity contribution in [2.45, 2.75) is 19.4 Å². The van der Waals surface area contributed by atoms with E-state index in [0.717, 1.165) is 56.9 Å². The molecule has 3 aromatic heterocycles. The van der Waals surface area contributed by atoms with Crippen LogP contribution in [0, 0.1) is 0 Å². The van der Waals surface area contributed by atoms with Gasteiger partial charge in [-0.2, -0.15) is 5.10 Å². The lowest BCUT2D eigenvalue weighted by Crippen LogP contribution is -2.27. The van der Waals surface area contributed by atoms with Crippen LogP contribution in [0.4, 0.5) is 10.5 Å². The number of rotatable bonds is 6. The van der Waals surface area contributed by atoms with Gasteiger partial charge >= 0.3 is 6.03 Å². The minimum absolute atomic E-state index is 0.165. The van der Waals surface area contributed by atoms with E-state index in [-0.39, 0.29) is 6.03 Å². The predicted octanol–water partition coefficient (Wildman–Crippen LogP) is 5.98. The highest BCUT2D eigenvalue weighted by atomic mass is 16.2. The van der Waals surface area contributed by atoms with E-state index in [1.165, 1.54) is 36.4 Å². The molecule has 0 radical (unpaired) electrons. The maximum atomic E-state index is 12.0. The SMILES string of the molecule is CN(C)C(=O)Nc1ccc(-c2n[nH]cc2-c2ccnc3[nH]c(-c4ccc(CN5CCCC5)cc4)cc23)cc1. The van der Waals surface area contributed by atoms with Crippen molar-refractivity contribution in [2.24, 2.45) is 0 Å². The van der Waals surface area contributed by atoms with Crippen molar-refractivity contribution in [1.29, 1.82) is 0 Å². The van der Waals surface area contributed by atoms with E-state index in [0.29, 0.717) is 0 Å². The van der Waals surface area contributed by atoms with E-state index in [2.05, 4.69) is 60.7 Å². The van der Waals surface area contributed by atoms with Crippen LogP contribution >= 0.6 is 0 Å². The molecule has 0 spiro atoms. The second-order valence-corrected chi connectivity index (χ2v) is 10.0. The summed E-state index contributed by atoms with van der Waals surface area (Å²) in [7, 11) is 3.43. The zero-order valence-electron chi connectivity index (χ0n) is 21.7. The monoisotopic (exact) mass is 505 g/mol. The number of fused-ring (bicyclic) bond motifs is 1. The second kappa shape index (κ2) is 10.1. The first-order chi connectivity index (χ1) is 18.5. The highest BCUT2D eigenvalue weighted by Crippen LogP contribution is 2.36. The maximum absolute atomic E-state index is 12.0. The summed E-state index contributed by atoms with van der Waals surface area (Å²) in [6, 6.07) is 20.6. The van der Waals surface area contributed by atoms with Crippen LogP contribution in [0.3, 0.4) is 0 Å². The molecular formula is C30H31N7O. The fourth-order valence-corrected chi connectivity index (χ4v) is 5.07. The van der Waals surface area contributed by atoms with E-state index in [4.69, 9.17) is 0 Å². The van der Waals surface area contributed by atoms with E-state index < -0.39 is 0 Å². The first kappa shape index (κ1) is 23.9. The summed E-state index contributed by atoms with van der Waals surface area (Å²) in [6.07, 6.45) is 6.36. The average molecular weight is 506 g/mol. The molecule has 1 aliphatic heterocycles. The number of likely N-dealkylation sites (tertiary alicyclic amines) is 1. The Labute approximate surface area is 221 Å². The standard InChI is InChI=1S/C30H31N7O/c1-36(2)30(38)33-23-11-9-22(10-12-23)28-26(18-32-35-28)24-13-14-31-29-25(24)17-27(34-29)21-7-5-20(6-8-21)19-37-15-3-4-16-37/h5-14,17-18H,3-4,15-16,19H2,1-2H3,(H,31,34)(H,32,35)(H,33,38). The molecule has 2 aromatic carbocycles. The average Bonchev–Trinajstić information content (AvgIpc) is 3.70. The molecule has 6 rings (SSSR count). The number of hydrogen-bond acceptors (Lipinski definition) is 4. The van der Waals surface area contributed by atoms with Gasteiger partial charge in [0.2, 0.25) is 0 Å². The molecular weight excluding hydrogens is 474 g/mol. The molecule has 0 atom stereocenters. The third-order valence-corrected chi connectivity index (χ3v) is 7.15. The predicted molar refractivity (Wildman–Crippen MR) is 152 cm³/mol. The first-order valence-electron chi connectivity index (χ1n) is 13.0. The van der Waals surface area contributed by atoms with Crippen molar-refractivity contribution >= 4 is 22.8 Å². The molecule has 8 nitrogen and oxygen atoms in total. The Morgan fingerprint density at radius 2 is 1.71 bits per heavy atom. The van der Waals surface area contributed by atoms with E-state index >= 15 is 0 Å². The third kappa shape index (κ3) is 4.78. The van der Waals surface area contributed by atoms with Gasteiger partial charge in [-0.15, -0.1) is 0 Å². The first-order valence-corrected chi connectivity index (χ1v) is 13.0. The van der Waals surface area contributed by atoms with E-state index in [9.17, 15) is 4.79 Å². The smallest absolute Gasteiger partial charge is 0.321 e. The molecule has 3 N–H and O–H groups in total.